The first-order valence-corrected chi connectivity index (χ1v) is 9.14. The number of methoxy groups -OCH3 is 1. The third-order valence-electron chi connectivity index (χ3n) is 4.04. The van der Waals surface area contributed by atoms with Crippen LogP contribution in [0.3, 0.4) is 0 Å². The van der Waals surface area contributed by atoms with Crippen molar-refractivity contribution in [1.29, 1.82) is 0 Å². The fourth-order valence-corrected chi connectivity index (χ4v) is 2.60. The Labute approximate surface area is 156 Å². The molecule has 5 heteroatoms. The van der Waals surface area contributed by atoms with Gasteiger partial charge in [0, 0.05) is 19.6 Å². The summed E-state index contributed by atoms with van der Waals surface area (Å²) in [5, 5.41) is 16.0. The number of benzene rings is 2. The summed E-state index contributed by atoms with van der Waals surface area (Å²) in [7, 11) is 1.68. The lowest BCUT2D eigenvalue weighted by atomic mass is 10.1. The highest BCUT2D eigenvalue weighted by Crippen LogP contribution is 2.12. The molecule has 0 aromatic heterocycles. The Kier molecular flexibility index (Phi) is 8.33. The van der Waals surface area contributed by atoms with Crippen molar-refractivity contribution >= 4 is 5.96 Å². The van der Waals surface area contributed by atoms with E-state index in [1.54, 1.807) is 19.2 Å². The predicted molar refractivity (Wildman–Crippen MR) is 107 cm³/mol. The Hall–Kier alpha value is -2.69. The fraction of sp³-hybridized carbons (Fsp3) is 0.381. The molecule has 0 fully saturated rings. The molecule has 140 valence electrons. The van der Waals surface area contributed by atoms with E-state index in [0.717, 1.165) is 50.6 Å². The zero-order valence-corrected chi connectivity index (χ0v) is 15.7. The zero-order chi connectivity index (χ0) is 18.6. The largest absolute Gasteiger partial charge is 0.508 e. The molecule has 3 N–H and O–H groups in total. The van der Waals surface area contributed by atoms with Gasteiger partial charge in [0.15, 0.2) is 5.96 Å². The molecule has 0 bridgehead atoms. The second-order valence-corrected chi connectivity index (χ2v) is 6.06. The van der Waals surface area contributed by atoms with Crippen LogP contribution in [0.25, 0.3) is 0 Å². The Bertz CT molecular complexity index is 667. The van der Waals surface area contributed by atoms with Crippen LogP contribution in [-0.2, 0) is 12.8 Å². The molecule has 0 atom stereocenters. The molecule has 0 aliphatic heterocycles. The number of aryl methyl sites for hydroxylation is 1. The van der Waals surface area contributed by atoms with E-state index in [-0.39, 0.29) is 0 Å². The van der Waals surface area contributed by atoms with Crippen LogP contribution in [-0.4, -0.2) is 37.8 Å². The van der Waals surface area contributed by atoms with Crippen molar-refractivity contribution < 1.29 is 9.84 Å². The van der Waals surface area contributed by atoms with Gasteiger partial charge in [-0.1, -0.05) is 24.3 Å². The maximum absolute atomic E-state index is 9.31. The summed E-state index contributed by atoms with van der Waals surface area (Å²) in [4.78, 5) is 4.63. The van der Waals surface area contributed by atoms with Crippen LogP contribution in [0.5, 0.6) is 11.5 Å². The minimum Gasteiger partial charge on any atom is -0.508 e. The summed E-state index contributed by atoms with van der Waals surface area (Å²) >= 11 is 0. The van der Waals surface area contributed by atoms with Crippen molar-refractivity contribution in [3.8, 4) is 11.5 Å². The number of nitrogens with zero attached hydrogens (tertiary/aromatic N) is 1. The lowest BCUT2D eigenvalue weighted by Gasteiger charge is -2.11. The lowest BCUT2D eigenvalue weighted by molar-refractivity contribution is 0.414. The van der Waals surface area contributed by atoms with Crippen molar-refractivity contribution in [2.45, 2.75) is 26.2 Å². The molecular formula is C21H29N3O2. The molecule has 0 radical (unpaired) electrons. The fourth-order valence-electron chi connectivity index (χ4n) is 2.60. The van der Waals surface area contributed by atoms with Gasteiger partial charge in [-0.2, -0.15) is 0 Å². The van der Waals surface area contributed by atoms with Crippen LogP contribution in [0.4, 0.5) is 0 Å². The minimum absolute atomic E-state index is 0.308. The number of nitrogens with one attached hydrogen (secondary N) is 2. The van der Waals surface area contributed by atoms with Gasteiger partial charge in [-0.25, -0.2) is 0 Å². The van der Waals surface area contributed by atoms with Gasteiger partial charge in [-0.05, 0) is 61.6 Å². The lowest BCUT2D eigenvalue weighted by Crippen LogP contribution is -2.38. The van der Waals surface area contributed by atoms with Gasteiger partial charge in [0.25, 0.3) is 0 Å². The smallest absolute Gasteiger partial charge is 0.191 e. The van der Waals surface area contributed by atoms with Crippen LogP contribution in [0, 0.1) is 0 Å². The van der Waals surface area contributed by atoms with Crippen LogP contribution < -0.4 is 15.4 Å². The molecule has 0 heterocycles. The van der Waals surface area contributed by atoms with Gasteiger partial charge < -0.3 is 20.5 Å². The van der Waals surface area contributed by atoms with Crippen LogP contribution in [0.2, 0.25) is 0 Å². The standard InChI is InChI=1S/C21H29N3O2/c1-3-22-21(23-15-4-5-17-6-10-19(25)11-7-17)24-16-14-18-8-12-20(26-2)13-9-18/h6-13,25H,3-5,14-16H2,1-2H3,(H2,22,23,24). The molecule has 0 amide bonds. The Morgan fingerprint density at radius 3 is 2.27 bits per heavy atom. The number of aromatic hydroxyl groups is 1. The summed E-state index contributed by atoms with van der Waals surface area (Å²) in [6, 6.07) is 15.5. The molecule has 0 aliphatic rings. The molecule has 2 rings (SSSR count). The van der Waals surface area contributed by atoms with E-state index in [2.05, 4.69) is 34.7 Å². The molecule has 5 nitrogen and oxygen atoms in total. The van der Waals surface area contributed by atoms with E-state index in [1.165, 1.54) is 11.1 Å². The number of rotatable bonds is 9. The van der Waals surface area contributed by atoms with Crippen LogP contribution in [0.15, 0.2) is 53.5 Å². The van der Waals surface area contributed by atoms with Gasteiger partial charge in [-0.3, -0.25) is 4.99 Å². The molecule has 0 saturated carbocycles. The van der Waals surface area contributed by atoms with E-state index >= 15 is 0 Å². The minimum atomic E-state index is 0.308. The molecule has 0 spiro atoms. The normalized spacial score (nSPS) is 11.2. The number of phenols is 1. The Morgan fingerprint density at radius 2 is 1.62 bits per heavy atom. The highest BCUT2D eigenvalue weighted by molar-refractivity contribution is 5.79. The molecule has 26 heavy (non-hydrogen) atoms. The number of hydrogen-bond donors (Lipinski definition) is 3. The second kappa shape index (κ2) is 11.0. The average Bonchev–Trinajstić information content (AvgIpc) is 2.67. The summed E-state index contributed by atoms with van der Waals surface area (Å²) in [6.07, 6.45) is 2.86. The van der Waals surface area contributed by atoms with E-state index in [9.17, 15) is 5.11 Å². The van der Waals surface area contributed by atoms with Crippen molar-refractivity contribution in [3.05, 3.63) is 59.7 Å². The number of phenolic OH excluding ortho intramolecular Hbond substituents is 1. The summed E-state index contributed by atoms with van der Waals surface area (Å²) < 4.78 is 5.18. The molecule has 0 aliphatic carbocycles. The third kappa shape index (κ3) is 7.05. The predicted octanol–water partition coefficient (Wildman–Crippen LogP) is 3.13. The summed E-state index contributed by atoms with van der Waals surface area (Å²) in [5.41, 5.74) is 2.48. The maximum atomic E-state index is 9.31. The summed E-state index contributed by atoms with van der Waals surface area (Å²) in [5.74, 6) is 2.04. The highest BCUT2D eigenvalue weighted by Gasteiger charge is 1.99. The van der Waals surface area contributed by atoms with E-state index < -0.39 is 0 Å². The van der Waals surface area contributed by atoms with Gasteiger partial charge >= 0.3 is 0 Å². The Balaban J connectivity index is 1.73. The van der Waals surface area contributed by atoms with Crippen LogP contribution >= 0.6 is 0 Å². The zero-order valence-electron chi connectivity index (χ0n) is 15.7. The molecule has 0 unspecified atom stereocenters. The van der Waals surface area contributed by atoms with E-state index in [0.29, 0.717) is 5.75 Å². The Morgan fingerprint density at radius 1 is 0.962 bits per heavy atom. The van der Waals surface area contributed by atoms with Gasteiger partial charge in [0.05, 0.1) is 7.11 Å². The van der Waals surface area contributed by atoms with Crippen molar-refractivity contribution in [2.24, 2.45) is 4.99 Å². The number of guanidine groups is 1. The molecule has 0 saturated heterocycles. The first-order chi connectivity index (χ1) is 12.7. The number of aliphatic imine (C=N–C) groups is 1. The maximum Gasteiger partial charge on any atom is 0.191 e. The topological polar surface area (TPSA) is 65.9 Å². The second-order valence-electron chi connectivity index (χ2n) is 6.06. The summed E-state index contributed by atoms with van der Waals surface area (Å²) in [6.45, 7) is 4.50. The van der Waals surface area contributed by atoms with Crippen LogP contribution in [0.1, 0.15) is 24.5 Å². The van der Waals surface area contributed by atoms with Gasteiger partial charge in [0.1, 0.15) is 11.5 Å². The quantitative estimate of drug-likeness (QED) is 0.367. The van der Waals surface area contributed by atoms with E-state index in [1.807, 2.05) is 24.3 Å². The SMILES string of the molecule is CCNC(=NCCCc1ccc(O)cc1)NCCc1ccc(OC)cc1. The van der Waals surface area contributed by atoms with Crippen molar-refractivity contribution in [3.63, 3.8) is 0 Å². The third-order valence-corrected chi connectivity index (χ3v) is 4.04. The monoisotopic (exact) mass is 355 g/mol. The first-order valence-electron chi connectivity index (χ1n) is 9.14. The van der Waals surface area contributed by atoms with Crippen molar-refractivity contribution in [1.82, 2.24) is 10.6 Å². The average molecular weight is 355 g/mol. The first kappa shape index (κ1) is 19.6. The molecule has 2 aromatic carbocycles. The molecular weight excluding hydrogens is 326 g/mol. The number of hydrogen-bond acceptors (Lipinski definition) is 3. The van der Waals surface area contributed by atoms with Gasteiger partial charge in [0.2, 0.25) is 0 Å². The number of ether oxygens (including phenoxy) is 1. The molecule has 2 aromatic rings. The van der Waals surface area contributed by atoms with E-state index in [4.69, 9.17) is 4.74 Å². The highest BCUT2D eigenvalue weighted by atomic mass is 16.5. The van der Waals surface area contributed by atoms with Gasteiger partial charge in [-0.15, -0.1) is 0 Å². The van der Waals surface area contributed by atoms with Crippen molar-refractivity contribution in [2.75, 3.05) is 26.7 Å².